The minimum Gasteiger partial charge on any atom is -0.318 e. The van der Waals surface area contributed by atoms with Crippen molar-refractivity contribution in [3.8, 4) is 5.69 Å². The Bertz CT molecular complexity index is 1510. The van der Waals surface area contributed by atoms with Crippen LogP contribution >= 0.6 is 0 Å². The Kier molecular flexibility index (Phi) is 4.68. The zero-order chi connectivity index (χ0) is 25.4. The molecule has 4 aromatic rings. The lowest BCUT2D eigenvalue weighted by atomic mass is 9.55. The number of hydrogen-bond acceptors (Lipinski definition) is 3. The first-order chi connectivity index (χ1) is 18.0. The fourth-order valence-corrected chi connectivity index (χ4v) is 6.90. The largest absolute Gasteiger partial charge is 0.318 e. The topological polar surface area (TPSA) is 54.7 Å². The van der Waals surface area contributed by atoms with E-state index >= 15 is 0 Å². The number of hydrazone groups is 1. The highest BCUT2D eigenvalue weighted by Crippen LogP contribution is 2.60. The van der Waals surface area contributed by atoms with Gasteiger partial charge in [-0.1, -0.05) is 66.2 Å². The van der Waals surface area contributed by atoms with Crippen LogP contribution in [-0.2, 0) is 9.59 Å². The normalized spacial score (nSPS) is 23.5. The van der Waals surface area contributed by atoms with Gasteiger partial charge in [0.1, 0.15) is 0 Å². The molecule has 3 aromatic carbocycles. The first-order valence-corrected chi connectivity index (χ1v) is 12.8. The lowest BCUT2D eigenvalue weighted by Crippen LogP contribution is -2.41. The summed E-state index contributed by atoms with van der Waals surface area (Å²) in [6, 6.07) is 27.0. The van der Waals surface area contributed by atoms with E-state index < -0.39 is 11.8 Å². The maximum absolute atomic E-state index is 13.8. The average molecular weight is 486 g/mol. The van der Waals surface area contributed by atoms with Crippen molar-refractivity contribution in [3.63, 3.8) is 0 Å². The van der Waals surface area contributed by atoms with E-state index in [1.807, 2.05) is 37.3 Å². The lowest BCUT2D eigenvalue weighted by molar-refractivity contribution is -0.139. The summed E-state index contributed by atoms with van der Waals surface area (Å²) in [6.07, 6.45) is 1.67. The second kappa shape index (κ2) is 7.87. The number of benzene rings is 3. The number of rotatable bonds is 3. The second-order valence-corrected chi connectivity index (χ2v) is 10.5. The lowest BCUT2D eigenvalue weighted by Gasteiger charge is -2.45. The predicted octanol–water partition coefficient (Wildman–Crippen LogP) is 5.63. The SMILES string of the molecule is Cc1ccc(-n2c(C)cc(/C=N\N3C(=O)[C@H]4C5c6ccccc6C(c6ccccc65)[C@@H]4C3=O)c2C)cc1. The van der Waals surface area contributed by atoms with Crippen LogP contribution in [0.25, 0.3) is 5.69 Å². The number of aromatic nitrogens is 1. The van der Waals surface area contributed by atoms with Crippen molar-refractivity contribution in [1.29, 1.82) is 0 Å². The maximum atomic E-state index is 13.8. The van der Waals surface area contributed by atoms with Crippen molar-refractivity contribution in [2.45, 2.75) is 32.6 Å². The quantitative estimate of drug-likeness (QED) is 0.279. The molecule has 2 heterocycles. The third kappa shape index (κ3) is 3.00. The van der Waals surface area contributed by atoms with Gasteiger partial charge in [-0.2, -0.15) is 10.1 Å². The minimum atomic E-state index is -0.417. The summed E-state index contributed by atoms with van der Waals surface area (Å²) in [5.74, 6) is -1.47. The van der Waals surface area contributed by atoms with E-state index in [0.717, 1.165) is 27.6 Å². The molecule has 2 amide bonds. The summed E-state index contributed by atoms with van der Waals surface area (Å²) in [5.41, 5.74) is 9.93. The predicted molar refractivity (Wildman–Crippen MR) is 143 cm³/mol. The van der Waals surface area contributed by atoms with Gasteiger partial charge in [-0.3, -0.25) is 9.59 Å². The molecule has 0 spiro atoms. The summed E-state index contributed by atoms with van der Waals surface area (Å²) in [4.78, 5) is 27.6. The summed E-state index contributed by atoms with van der Waals surface area (Å²) >= 11 is 0. The minimum absolute atomic E-state index is 0.120. The van der Waals surface area contributed by atoms with E-state index in [4.69, 9.17) is 0 Å². The number of nitrogens with zero attached hydrogens (tertiary/aromatic N) is 3. The standard InChI is InChI=1S/C32H27N3O2/c1-18-12-14-22(15-13-18)34-19(2)16-21(20(34)3)17-33-35-31(36)29-27-23-8-4-5-9-24(23)28(30(29)32(35)37)26-11-7-6-10-25(26)27/h4-17,27-30H,1-3H3/b33-17-/t27?,28?,29-,30-/m0/s1. The molecule has 0 N–H and O–H groups in total. The zero-order valence-electron chi connectivity index (χ0n) is 21.1. The summed E-state index contributed by atoms with van der Waals surface area (Å²) in [6.45, 7) is 6.16. The molecule has 1 saturated heterocycles. The van der Waals surface area contributed by atoms with Gasteiger partial charge in [0.2, 0.25) is 0 Å². The van der Waals surface area contributed by atoms with E-state index in [0.29, 0.717) is 0 Å². The number of aryl methyl sites for hydroxylation is 2. The Balaban J connectivity index is 1.26. The van der Waals surface area contributed by atoms with Crippen LogP contribution in [0.4, 0.5) is 0 Å². The first kappa shape index (κ1) is 22.0. The van der Waals surface area contributed by atoms with E-state index in [1.54, 1.807) is 6.21 Å². The zero-order valence-corrected chi connectivity index (χ0v) is 21.1. The highest BCUT2D eigenvalue weighted by Gasteiger charge is 2.61. The third-order valence-electron chi connectivity index (χ3n) is 8.50. The molecule has 0 unspecified atom stereocenters. The third-order valence-corrected chi connectivity index (χ3v) is 8.50. The monoisotopic (exact) mass is 485 g/mol. The van der Waals surface area contributed by atoms with E-state index in [2.05, 4.69) is 72.0 Å². The molecule has 1 aliphatic heterocycles. The molecule has 182 valence electrons. The molecule has 5 heteroatoms. The molecular formula is C32H27N3O2. The highest BCUT2D eigenvalue weighted by molar-refractivity contribution is 6.08. The van der Waals surface area contributed by atoms with E-state index in [9.17, 15) is 9.59 Å². The van der Waals surface area contributed by atoms with Crippen LogP contribution in [0.2, 0.25) is 0 Å². The van der Waals surface area contributed by atoms with Gasteiger partial charge in [-0.05, 0) is 61.2 Å². The molecule has 37 heavy (non-hydrogen) atoms. The smallest absolute Gasteiger partial charge is 0.254 e. The Morgan fingerprint density at radius 2 is 1.19 bits per heavy atom. The van der Waals surface area contributed by atoms with Crippen molar-refractivity contribution >= 4 is 18.0 Å². The van der Waals surface area contributed by atoms with Crippen molar-refractivity contribution in [2.24, 2.45) is 16.9 Å². The number of imide groups is 1. The van der Waals surface area contributed by atoms with Crippen LogP contribution < -0.4 is 0 Å². The van der Waals surface area contributed by atoms with Crippen molar-refractivity contribution in [3.05, 3.63) is 124 Å². The van der Waals surface area contributed by atoms with Crippen LogP contribution in [0.5, 0.6) is 0 Å². The van der Waals surface area contributed by atoms with Crippen molar-refractivity contribution in [1.82, 2.24) is 9.58 Å². The van der Waals surface area contributed by atoms with Crippen molar-refractivity contribution in [2.75, 3.05) is 0 Å². The Morgan fingerprint density at radius 3 is 1.68 bits per heavy atom. The molecule has 1 aromatic heterocycles. The van der Waals surface area contributed by atoms with Crippen LogP contribution in [0.3, 0.4) is 0 Å². The van der Waals surface area contributed by atoms with Gasteiger partial charge >= 0.3 is 0 Å². The average Bonchev–Trinajstić information content (AvgIpc) is 3.34. The molecule has 3 aliphatic carbocycles. The number of carbonyl (C=O) groups is 2. The summed E-state index contributed by atoms with van der Waals surface area (Å²) in [7, 11) is 0. The van der Waals surface area contributed by atoms with E-state index in [-0.39, 0.29) is 23.7 Å². The molecule has 0 saturated carbocycles. The van der Waals surface area contributed by atoms with Gasteiger partial charge < -0.3 is 4.57 Å². The highest BCUT2D eigenvalue weighted by atomic mass is 16.2. The molecule has 2 bridgehead atoms. The van der Waals surface area contributed by atoms with Crippen LogP contribution in [0.15, 0.2) is 84.0 Å². The summed E-state index contributed by atoms with van der Waals surface area (Å²) < 4.78 is 2.17. The number of hydrogen-bond donors (Lipinski definition) is 0. The van der Waals surface area contributed by atoms with Gasteiger partial charge in [0, 0.05) is 34.5 Å². The summed E-state index contributed by atoms with van der Waals surface area (Å²) in [5, 5.41) is 5.66. The van der Waals surface area contributed by atoms with Crippen molar-refractivity contribution < 1.29 is 9.59 Å². The van der Waals surface area contributed by atoms with Gasteiger partial charge in [-0.25, -0.2) is 0 Å². The van der Waals surface area contributed by atoms with Gasteiger partial charge in [0.25, 0.3) is 11.8 Å². The van der Waals surface area contributed by atoms with Crippen LogP contribution in [0, 0.1) is 32.6 Å². The van der Waals surface area contributed by atoms with Gasteiger partial charge in [0.05, 0.1) is 18.1 Å². The number of amides is 2. The van der Waals surface area contributed by atoms with Crippen LogP contribution in [0.1, 0.15) is 56.6 Å². The molecule has 0 radical (unpaired) electrons. The Labute approximate surface area is 216 Å². The molecule has 4 aliphatic rings. The van der Waals surface area contributed by atoms with E-state index in [1.165, 1.54) is 27.8 Å². The number of carbonyl (C=O) groups excluding carboxylic acids is 2. The fraction of sp³-hybridized carbons (Fsp3) is 0.219. The molecule has 8 rings (SSSR count). The fourth-order valence-electron chi connectivity index (χ4n) is 6.90. The molecule has 5 nitrogen and oxygen atoms in total. The maximum Gasteiger partial charge on any atom is 0.254 e. The first-order valence-electron chi connectivity index (χ1n) is 12.8. The molecular weight excluding hydrogens is 458 g/mol. The van der Waals surface area contributed by atoms with Gasteiger partial charge in [0.15, 0.2) is 0 Å². The van der Waals surface area contributed by atoms with Crippen LogP contribution in [-0.4, -0.2) is 27.6 Å². The molecule has 1 fully saturated rings. The second-order valence-electron chi connectivity index (χ2n) is 10.5. The molecule has 2 atom stereocenters. The Morgan fingerprint density at radius 1 is 0.703 bits per heavy atom. The Hall–Kier alpha value is -4.25. The van der Waals surface area contributed by atoms with Gasteiger partial charge in [-0.15, -0.1) is 0 Å².